The lowest BCUT2D eigenvalue weighted by Gasteiger charge is -2.35. The number of benzene rings is 3. The first-order valence-corrected chi connectivity index (χ1v) is 15.0. The second-order valence-corrected chi connectivity index (χ2v) is 11.6. The molecule has 5 aromatic rings. The van der Waals surface area contributed by atoms with Gasteiger partial charge in [0.05, 0.1) is 28.7 Å². The molecule has 46 heavy (non-hydrogen) atoms. The minimum absolute atomic E-state index is 0.0242. The standard InChI is InChI=1S/C35H33N5O6/c1-21-12-23-6-4-5-7-24(23)17-38(21)34(43)30-15-33-32(45-20-46-33)14-29(30)31-13-28(22(2)39(31)19-41)35(44)40(26-16-36-37(3)18-26)25-8-10-27(42)11-9-25/h4-11,13-16,18,21,41-42H,12,17,19-20H2,1-3H3/t21-/m1/s1. The van der Waals surface area contributed by atoms with E-state index in [9.17, 15) is 19.8 Å². The average molecular weight is 620 g/mol. The number of amides is 2. The van der Waals surface area contributed by atoms with Gasteiger partial charge in [-0.3, -0.25) is 19.2 Å². The number of carbonyl (C=O) groups is 2. The molecule has 2 aliphatic heterocycles. The summed E-state index contributed by atoms with van der Waals surface area (Å²) in [5.41, 5.74) is 5.56. The number of phenolic OH excluding ortho intramolecular Hbond substituents is 1. The van der Waals surface area contributed by atoms with Crippen LogP contribution < -0.4 is 14.4 Å². The first-order valence-electron chi connectivity index (χ1n) is 15.0. The number of carbonyl (C=O) groups excluding carboxylic acids is 2. The molecule has 0 aliphatic carbocycles. The summed E-state index contributed by atoms with van der Waals surface area (Å²) in [6.45, 7) is 3.84. The van der Waals surface area contributed by atoms with Crippen LogP contribution in [0.4, 0.5) is 11.4 Å². The van der Waals surface area contributed by atoms with Gasteiger partial charge in [0.2, 0.25) is 6.79 Å². The first kappa shape index (κ1) is 29.2. The normalized spacial score (nSPS) is 15.1. The van der Waals surface area contributed by atoms with Crippen LogP contribution in [0.1, 0.15) is 44.5 Å². The van der Waals surface area contributed by atoms with E-state index in [0.29, 0.717) is 57.5 Å². The van der Waals surface area contributed by atoms with Crippen molar-refractivity contribution < 1.29 is 29.3 Å². The maximum Gasteiger partial charge on any atom is 0.264 e. The monoisotopic (exact) mass is 619 g/mol. The number of phenols is 1. The van der Waals surface area contributed by atoms with Gasteiger partial charge in [-0.2, -0.15) is 5.10 Å². The quantitative estimate of drug-likeness (QED) is 0.270. The van der Waals surface area contributed by atoms with Gasteiger partial charge in [0.15, 0.2) is 11.5 Å². The average Bonchev–Trinajstić information content (AvgIpc) is 3.78. The predicted octanol–water partition coefficient (Wildman–Crippen LogP) is 5.15. The van der Waals surface area contributed by atoms with E-state index in [1.54, 1.807) is 65.9 Å². The molecule has 0 bridgehead atoms. The van der Waals surface area contributed by atoms with Crippen LogP contribution >= 0.6 is 0 Å². The Morgan fingerprint density at radius 3 is 2.39 bits per heavy atom. The highest BCUT2D eigenvalue weighted by Gasteiger charge is 2.33. The summed E-state index contributed by atoms with van der Waals surface area (Å²) in [4.78, 5) is 32.1. The Bertz CT molecular complexity index is 1980. The summed E-state index contributed by atoms with van der Waals surface area (Å²) < 4.78 is 14.6. The predicted molar refractivity (Wildman–Crippen MR) is 170 cm³/mol. The van der Waals surface area contributed by atoms with Crippen LogP contribution in [0.5, 0.6) is 17.2 Å². The minimum Gasteiger partial charge on any atom is -0.508 e. The highest BCUT2D eigenvalue weighted by Crippen LogP contribution is 2.42. The number of nitrogens with zero attached hydrogens (tertiary/aromatic N) is 5. The molecule has 7 rings (SSSR count). The summed E-state index contributed by atoms with van der Waals surface area (Å²) in [6.07, 6.45) is 4.03. The summed E-state index contributed by atoms with van der Waals surface area (Å²) in [7, 11) is 1.76. The van der Waals surface area contributed by atoms with Gasteiger partial charge in [-0.15, -0.1) is 0 Å². The van der Waals surface area contributed by atoms with Crippen LogP contribution in [-0.2, 0) is 26.7 Å². The van der Waals surface area contributed by atoms with Crippen molar-refractivity contribution in [3.8, 4) is 28.5 Å². The minimum atomic E-state index is -0.434. The van der Waals surface area contributed by atoms with Crippen molar-refractivity contribution in [2.45, 2.75) is 39.6 Å². The van der Waals surface area contributed by atoms with Gasteiger partial charge in [-0.05, 0) is 73.9 Å². The fraction of sp³-hybridized carbons (Fsp3) is 0.229. The van der Waals surface area contributed by atoms with Crippen molar-refractivity contribution >= 4 is 23.2 Å². The summed E-state index contributed by atoms with van der Waals surface area (Å²) >= 11 is 0. The molecule has 1 atom stereocenters. The van der Waals surface area contributed by atoms with Gasteiger partial charge in [0, 0.05) is 42.8 Å². The lowest BCUT2D eigenvalue weighted by molar-refractivity contribution is 0.0658. The van der Waals surface area contributed by atoms with Gasteiger partial charge in [0.1, 0.15) is 12.5 Å². The maximum absolute atomic E-state index is 14.4. The number of hydrogen-bond acceptors (Lipinski definition) is 7. The molecule has 2 amide bonds. The van der Waals surface area contributed by atoms with E-state index < -0.39 is 6.73 Å². The Morgan fingerprint density at radius 2 is 1.70 bits per heavy atom. The third-order valence-electron chi connectivity index (χ3n) is 8.79. The lowest BCUT2D eigenvalue weighted by atomic mass is 9.93. The molecule has 3 aromatic carbocycles. The molecule has 0 saturated heterocycles. The van der Waals surface area contributed by atoms with Crippen molar-refractivity contribution in [1.82, 2.24) is 19.2 Å². The van der Waals surface area contributed by atoms with Crippen LogP contribution in [0, 0.1) is 6.92 Å². The van der Waals surface area contributed by atoms with Gasteiger partial charge in [-0.25, -0.2) is 0 Å². The molecule has 11 heteroatoms. The molecule has 0 saturated carbocycles. The number of aromatic hydroxyl groups is 1. The Hall–Kier alpha value is -5.55. The molecule has 0 fully saturated rings. The molecule has 0 unspecified atom stereocenters. The molecule has 2 N–H and O–H groups in total. The molecular formula is C35H33N5O6. The Labute approximate surface area is 265 Å². The maximum atomic E-state index is 14.4. The van der Waals surface area contributed by atoms with E-state index in [1.807, 2.05) is 30.0 Å². The number of ether oxygens (including phenoxy) is 2. The van der Waals surface area contributed by atoms with E-state index >= 15 is 0 Å². The van der Waals surface area contributed by atoms with E-state index in [0.717, 1.165) is 12.0 Å². The third-order valence-corrected chi connectivity index (χ3v) is 8.79. The van der Waals surface area contributed by atoms with Crippen molar-refractivity contribution in [2.24, 2.45) is 7.05 Å². The van der Waals surface area contributed by atoms with Crippen molar-refractivity contribution in [2.75, 3.05) is 11.7 Å². The zero-order valence-corrected chi connectivity index (χ0v) is 25.7. The number of hydrogen-bond donors (Lipinski definition) is 2. The lowest BCUT2D eigenvalue weighted by Crippen LogP contribution is -2.42. The van der Waals surface area contributed by atoms with Crippen LogP contribution in [0.25, 0.3) is 11.3 Å². The zero-order valence-electron chi connectivity index (χ0n) is 25.7. The summed E-state index contributed by atoms with van der Waals surface area (Å²) in [5.74, 6) is 0.439. The Morgan fingerprint density at radius 1 is 0.978 bits per heavy atom. The summed E-state index contributed by atoms with van der Waals surface area (Å²) in [5, 5.41) is 24.8. The topological polar surface area (TPSA) is 122 Å². The van der Waals surface area contributed by atoms with Gasteiger partial charge in [0.25, 0.3) is 11.8 Å². The number of anilines is 2. The SMILES string of the molecule is Cc1c(C(=O)N(c2ccc(O)cc2)c2cnn(C)c2)cc(-c2cc3c(cc2C(=O)N2Cc4ccccc4C[C@H]2C)OCO3)n1CO. The summed E-state index contributed by atoms with van der Waals surface area (Å²) in [6, 6.07) is 19.5. The van der Waals surface area contributed by atoms with Crippen molar-refractivity contribution in [3.05, 3.63) is 107 Å². The number of fused-ring (bicyclic) bond motifs is 2. The molecular weight excluding hydrogens is 586 g/mol. The van der Waals surface area contributed by atoms with Crippen molar-refractivity contribution in [1.29, 1.82) is 0 Å². The van der Waals surface area contributed by atoms with Crippen LogP contribution in [0.15, 0.2) is 79.1 Å². The molecule has 2 aliphatic rings. The first-order chi connectivity index (χ1) is 22.2. The van der Waals surface area contributed by atoms with Gasteiger partial charge >= 0.3 is 0 Å². The molecule has 0 spiro atoms. The fourth-order valence-corrected chi connectivity index (χ4v) is 6.33. The number of aliphatic hydroxyl groups is 1. The second-order valence-electron chi connectivity index (χ2n) is 11.6. The zero-order chi connectivity index (χ0) is 32.1. The Kier molecular flexibility index (Phi) is 7.25. The number of aryl methyl sites for hydroxylation is 1. The van der Waals surface area contributed by atoms with E-state index in [2.05, 4.69) is 11.2 Å². The molecule has 234 valence electrons. The second kappa shape index (κ2) is 11.4. The van der Waals surface area contributed by atoms with Crippen LogP contribution in [0.3, 0.4) is 0 Å². The van der Waals surface area contributed by atoms with E-state index in [1.165, 1.54) is 22.6 Å². The highest BCUT2D eigenvalue weighted by molar-refractivity contribution is 6.12. The molecule has 11 nitrogen and oxygen atoms in total. The number of aromatic nitrogens is 3. The molecule has 0 radical (unpaired) electrons. The largest absolute Gasteiger partial charge is 0.508 e. The molecule has 2 aromatic heterocycles. The van der Waals surface area contributed by atoms with E-state index in [-0.39, 0.29) is 30.4 Å². The van der Waals surface area contributed by atoms with Gasteiger partial charge in [-0.1, -0.05) is 24.3 Å². The number of aliphatic hydroxyl groups excluding tert-OH is 1. The van der Waals surface area contributed by atoms with E-state index in [4.69, 9.17) is 9.47 Å². The van der Waals surface area contributed by atoms with Gasteiger partial charge < -0.3 is 29.2 Å². The fourth-order valence-electron chi connectivity index (χ4n) is 6.33. The van der Waals surface area contributed by atoms with Crippen molar-refractivity contribution in [3.63, 3.8) is 0 Å². The smallest absolute Gasteiger partial charge is 0.264 e. The van der Waals surface area contributed by atoms with Crippen LogP contribution in [0.2, 0.25) is 0 Å². The number of rotatable bonds is 6. The molecule has 4 heterocycles. The third kappa shape index (κ3) is 4.94. The van der Waals surface area contributed by atoms with Crippen LogP contribution in [-0.4, -0.2) is 54.1 Å². The Balaban J connectivity index is 1.34. The highest BCUT2D eigenvalue weighted by atomic mass is 16.7.